The van der Waals surface area contributed by atoms with Gasteiger partial charge < -0.3 is 5.32 Å². The summed E-state index contributed by atoms with van der Waals surface area (Å²) in [6, 6.07) is 15.4. The number of hydrogen-bond acceptors (Lipinski definition) is 5. The van der Waals surface area contributed by atoms with Gasteiger partial charge in [0.05, 0.1) is 21.5 Å². The SMILES string of the molecule is O=C(Nc1ccc2c(c1)N(S(=O)(=O)c1ccc(Cl)cc1)CC2)[C@H]1CCCN(S(=O)(=O)c2cc(Cl)ccc2Cl)C1. The van der Waals surface area contributed by atoms with Crippen LogP contribution in [0.15, 0.2) is 70.5 Å². The molecule has 1 atom stereocenters. The number of nitrogens with zero attached hydrogens (tertiary/aromatic N) is 2. The molecule has 3 aromatic rings. The minimum atomic E-state index is -3.96. The average Bonchev–Trinajstić information content (AvgIpc) is 3.34. The van der Waals surface area contributed by atoms with E-state index < -0.39 is 26.0 Å². The Labute approximate surface area is 242 Å². The number of carbonyl (C=O) groups is 1. The molecule has 206 valence electrons. The van der Waals surface area contributed by atoms with Crippen LogP contribution in [-0.2, 0) is 31.3 Å². The lowest BCUT2D eigenvalue weighted by Crippen LogP contribution is -2.43. The van der Waals surface area contributed by atoms with Crippen molar-refractivity contribution in [3.05, 3.63) is 81.3 Å². The van der Waals surface area contributed by atoms with E-state index in [4.69, 9.17) is 34.8 Å². The molecular formula is C26H24Cl3N3O5S2. The van der Waals surface area contributed by atoms with E-state index in [0.717, 1.165) is 5.56 Å². The van der Waals surface area contributed by atoms with E-state index in [-0.39, 0.29) is 45.4 Å². The summed E-state index contributed by atoms with van der Waals surface area (Å²) >= 11 is 18.1. The summed E-state index contributed by atoms with van der Waals surface area (Å²) in [5.41, 5.74) is 1.76. The van der Waals surface area contributed by atoms with Gasteiger partial charge in [-0.15, -0.1) is 0 Å². The zero-order chi connectivity index (χ0) is 27.9. The van der Waals surface area contributed by atoms with Gasteiger partial charge in [0.15, 0.2) is 0 Å². The molecule has 0 spiro atoms. The lowest BCUT2D eigenvalue weighted by Gasteiger charge is -2.31. The van der Waals surface area contributed by atoms with Crippen molar-refractivity contribution in [3.8, 4) is 0 Å². The van der Waals surface area contributed by atoms with Gasteiger partial charge in [0, 0.05) is 35.4 Å². The number of halogens is 3. The second kappa shape index (κ2) is 10.9. The maximum Gasteiger partial charge on any atom is 0.264 e. The first-order valence-corrected chi connectivity index (χ1v) is 16.2. The second-order valence-corrected chi connectivity index (χ2v) is 14.4. The number of benzene rings is 3. The van der Waals surface area contributed by atoms with Crippen LogP contribution in [0.5, 0.6) is 0 Å². The Bertz CT molecular complexity index is 1650. The fourth-order valence-electron chi connectivity index (χ4n) is 4.84. The van der Waals surface area contributed by atoms with E-state index in [9.17, 15) is 21.6 Å². The van der Waals surface area contributed by atoms with Crippen molar-refractivity contribution in [2.45, 2.75) is 29.1 Å². The zero-order valence-corrected chi connectivity index (χ0v) is 24.4. The highest BCUT2D eigenvalue weighted by molar-refractivity contribution is 7.92. The van der Waals surface area contributed by atoms with Gasteiger partial charge in [-0.1, -0.05) is 40.9 Å². The molecule has 1 amide bonds. The topological polar surface area (TPSA) is 104 Å². The third-order valence-electron chi connectivity index (χ3n) is 6.87. The summed E-state index contributed by atoms with van der Waals surface area (Å²) in [4.78, 5) is 13.2. The Morgan fingerprint density at radius 1 is 0.846 bits per heavy atom. The van der Waals surface area contributed by atoms with Crippen molar-refractivity contribution >= 4 is 72.1 Å². The van der Waals surface area contributed by atoms with Crippen LogP contribution in [0.4, 0.5) is 11.4 Å². The normalized spacial score (nSPS) is 18.1. The van der Waals surface area contributed by atoms with Crippen molar-refractivity contribution in [1.29, 1.82) is 0 Å². The molecule has 2 aliphatic rings. The molecule has 2 aliphatic heterocycles. The van der Waals surface area contributed by atoms with Crippen molar-refractivity contribution in [2.75, 3.05) is 29.3 Å². The number of carbonyl (C=O) groups excluding carboxylic acids is 1. The molecule has 13 heteroatoms. The van der Waals surface area contributed by atoms with Gasteiger partial charge in [-0.2, -0.15) is 4.31 Å². The molecule has 1 saturated heterocycles. The van der Waals surface area contributed by atoms with Gasteiger partial charge in [0.1, 0.15) is 4.90 Å². The Morgan fingerprint density at radius 3 is 2.31 bits per heavy atom. The number of anilines is 2. The van der Waals surface area contributed by atoms with E-state index >= 15 is 0 Å². The number of rotatable bonds is 6. The molecule has 2 heterocycles. The quantitative estimate of drug-likeness (QED) is 0.392. The van der Waals surface area contributed by atoms with E-state index in [1.165, 1.54) is 51.1 Å². The summed E-state index contributed by atoms with van der Waals surface area (Å²) in [5.74, 6) is -0.953. The molecule has 0 aromatic heterocycles. The molecule has 0 saturated carbocycles. The maximum absolute atomic E-state index is 13.3. The number of nitrogens with one attached hydrogen (secondary N) is 1. The Hall–Kier alpha value is -2.34. The number of sulfonamides is 2. The van der Waals surface area contributed by atoms with E-state index in [2.05, 4.69) is 5.32 Å². The Morgan fingerprint density at radius 2 is 1.56 bits per heavy atom. The molecule has 0 radical (unpaired) electrons. The van der Waals surface area contributed by atoms with Gasteiger partial charge in [-0.05, 0) is 79.4 Å². The first-order valence-electron chi connectivity index (χ1n) is 12.1. The Kier molecular flexibility index (Phi) is 7.89. The van der Waals surface area contributed by atoms with Crippen molar-refractivity contribution < 1.29 is 21.6 Å². The summed E-state index contributed by atoms with van der Waals surface area (Å²) < 4.78 is 55.7. The van der Waals surface area contributed by atoms with Gasteiger partial charge in [0.25, 0.3) is 10.0 Å². The summed E-state index contributed by atoms with van der Waals surface area (Å²) in [6.07, 6.45) is 1.54. The monoisotopic (exact) mass is 627 g/mol. The third kappa shape index (κ3) is 5.64. The van der Waals surface area contributed by atoms with Gasteiger partial charge in [-0.25, -0.2) is 16.8 Å². The van der Waals surface area contributed by atoms with Crippen LogP contribution in [-0.4, -0.2) is 46.7 Å². The molecule has 39 heavy (non-hydrogen) atoms. The van der Waals surface area contributed by atoms with Crippen LogP contribution < -0.4 is 9.62 Å². The molecule has 8 nitrogen and oxygen atoms in total. The maximum atomic E-state index is 13.3. The highest BCUT2D eigenvalue weighted by Gasteiger charge is 2.35. The predicted octanol–water partition coefficient (Wildman–Crippen LogP) is 5.44. The van der Waals surface area contributed by atoms with Crippen molar-refractivity contribution in [3.63, 3.8) is 0 Å². The molecular weight excluding hydrogens is 605 g/mol. The van der Waals surface area contributed by atoms with E-state index in [1.54, 1.807) is 18.2 Å². The van der Waals surface area contributed by atoms with Crippen LogP contribution in [0.3, 0.4) is 0 Å². The summed E-state index contributed by atoms with van der Waals surface area (Å²) in [7, 11) is -7.78. The average molecular weight is 629 g/mol. The Balaban J connectivity index is 1.33. The van der Waals surface area contributed by atoms with E-state index in [1.807, 2.05) is 0 Å². The van der Waals surface area contributed by atoms with Crippen LogP contribution in [0.25, 0.3) is 0 Å². The molecule has 0 unspecified atom stereocenters. The highest BCUT2D eigenvalue weighted by Crippen LogP contribution is 2.36. The third-order valence-corrected chi connectivity index (χ3v) is 11.5. The minimum absolute atomic E-state index is 0.0149. The molecule has 3 aromatic carbocycles. The number of fused-ring (bicyclic) bond motifs is 1. The standard InChI is InChI=1S/C26H24Cl3N3O5S2/c27-19-4-8-22(9-5-19)38(34,35)32-13-11-17-3-7-21(15-24(17)32)30-26(33)18-2-1-12-31(16-18)39(36,37)25-14-20(28)6-10-23(25)29/h3-10,14-15,18H,1-2,11-13,16H2,(H,30,33)/t18-/m0/s1. The largest absolute Gasteiger partial charge is 0.326 e. The summed E-state index contributed by atoms with van der Waals surface area (Å²) in [5, 5.41) is 3.58. The first-order chi connectivity index (χ1) is 18.5. The predicted molar refractivity (Wildman–Crippen MR) is 153 cm³/mol. The second-order valence-electron chi connectivity index (χ2n) is 9.39. The smallest absolute Gasteiger partial charge is 0.264 e. The lowest BCUT2D eigenvalue weighted by atomic mass is 9.98. The molecule has 1 fully saturated rings. The van der Waals surface area contributed by atoms with Crippen LogP contribution in [0.2, 0.25) is 15.1 Å². The summed E-state index contributed by atoms with van der Waals surface area (Å²) in [6.45, 7) is 0.517. The molecule has 5 rings (SSSR count). The van der Waals surface area contributed by atoms with Gasteiger partial charge in [0.2, 0.25) is 15.9 Å². The van der Waals surface area contributed by atoms with Gasteiger partial charge in [-0.3, -0.25) is 9.10 Å². The number of hydrogen-bond donors (Lipinski definition) is 1. The van der Waals surface area contributed by atoms with Crippen LogP contribution in [0, 0.1) is 5.92 Å². The fraction of sp³-hybridized carbons (Fsp3) is 0.269. The number of piperidine rings is 1. The van der Waals surface area contributed by atoms with Crippen LogP contribution >= 0.6 is 34.8 Å². The minimum Gasteiger partial charge on any atom is -0.326 e. The van der Waals surface area contributed by atoms with Crippen molar-refractivity contribution in [1.82, 2.24) is 4.31 Å². The zero-order valence-electron chi connectivity index (χ0n) is 20.5. The molecule has 1 N–H and O–H groups in total. The molecule has 0 aliphatic carbocycles. The molecule has 0 bridgehead atoms. The lowest BCUT2D eigenvalue weighted by molar-refractivity contribution is -0.120. The number of amides is 1. The van der Waals surface area contributed by atoms with Crippen molar-refractivity contribution in [2.24, 2.45) is 5.92 Å². The van der Waals surface area contributed by atoms with Gasteiger partial charge >= 0.3 is 0 Å². The first kappa shape index (κ1) is 28.2. The van der Waals surface area contributed by atoms with E-state index in [0.29, 0.717) is 35.7 Å². The highest BCUT2D eigenvalue weighted by atomic mass is 35.5. The van der Waals surface area contributed by atoms with Crippen LogP contribution in [0.1, 0.15) is 18.4 Å². The fourth-order valence-corrected chi connectivity index (χ4v) is 8.73.